The van der Waals surface area contributed by atoms with E-state index in [4.69, 9.17) is 15.6 Å². The van der Waals surface area contributed by atoms with Gasteiger partial charge in [-0.2, -0.15) is 0 Å². The number of carbonyl (C=O) groups excluding carboxylic acids is 1. The SMILES string of the molecule is CCOC(=O)/C(C(N)=NCCCO)=C(/O)c1ccccc1. The minimum absolute atomic E-state index is 0.0279. The summed E-state index contributed by atoms with van der Waals surface area (Å²) in [7, 11) is 0. The third-order valence-electron chi connectivity index (χ3n) is 2.62. The van der Waals surface area contributed by atoms with Crippen LogP contribution in [0.4, 0.5) is 0 Å². The van der Waals surface area contributed by atoms with Crippen LogP contribution < -0.4 is 5.73 Å². The Kier molecular flexibility index (Phi) is 6.97. The Bertz CT molecular complexity index is 524. The second-order valence-corrected chi connectivity index (χ2v) is 4.15. The molecule has 4 N–H and O–H groups in total. The number of aliphatic hydroxyl groups excluding tert-OH is 2. The zero-order valence-electron chi connectivity index (χ0n) is 12.0. The zero-order chi connectivity index (χ0) is 15.7. The van der Waals surface area contributed by atoms with Crippen LogP contribution in [0.5, 0.6) is 0 Å². The maximum absolute atomic E-state index is 12.0. The Hall–Kier alpha value is -2.34. The highest BCUT2D eigenvalue weighted by Crippen LogP contribution is 2.17. The van der Waals surface area contributed by atoms with Gasteiger partial charge in [0.1, 0.15) is 17.2 Å². The van der Waals surface area contributed by atoms with Crippen LogP contribution in [0.1, 0.15) is 18.9 Å². The fraction of sp³-hybridized carbons (Fsp3) is 0.333. The average molecular weight is 292 g/mol. The summed E-state index contributed by atoms with van der Waals surface area (Å²) in [6.07, 6.45) is 0.420. The second kappa shape index (κ2) is 8.76. The Morgan fingerprint density at radius 2 is 2.00 bits per heavy atom. The summed E-state index contributed by atoms with van der Waals surface area (Å²) in [4.78, 5) is 16.0. The summed E-state index contributed by atoms with van der Waals surface area (Å²) >= 11 is 0. The van der Waals surface area contributed by atoms with E-state index in [9.17, 15) is 9.90 Å². The van der Waals surface area contributed by atoms with Crippen molar-refractivity contribution in [1.29, 1.82) is 0 Å². The lowest BCUT2D eigenvalue weighted by Crippen LogP contribution is -2.25. The molecular weight excluding hydrogens is 272 g/mol. The number of carbonyl (C=O) groups is 1. The fourth-order valence-electron chi connectivity index (χ4n) is 1.62. The minimum Gasteiger partial charge on any atom is -0.506 e. The van der Waals surface area contributed by atoms with Crippen molar-refractivity contribution in [2.75, 3.05) is 19.8 Å². The third kappa shape index (κ3) is 4.92. The van der Waals surface area contributed by atoms with Gasteiger partial charge in [0.2, 0.25) is 0 Å². The lowest BCUT2D eigenvalue weighted by atomic mass is 10.1. The number of hydrogen-bond acceptors (Lipinski definition) is 5. The average Bonchev–Trinajstić information content (AvgIpc) is 2.49. The first-order valence-corrected chi connectivity index (χ1v) is 6.68. The molecule has 0 aliphatic rings. The van der Waals surface area contributed by atoms with Crippen LogP contribution in [0.15, 0.2) is 40.9 Å². The number of nitrogens with zero attached hydrogens (tertiary/aromatic N) is 1. The molecule has 0 aliphatic carbocycles. The molecular formula is C15H20N2O4. The monoisotopic (exact) mass is 292 g/mol. The van der Waals surface area contributed by atoms with E-state index >= 15 is 0 Å². The van der Waals surface area contributed by atoms with Crippen LogP contribution in [0.3, 0.4) is 0 Å². The summed E-state index contributed by atoms with van der Waals surface area (Å²) in [5, 5.41) is 19.0. The first-order chi connectivity index (χ1) is 10.1. The van der Waals surface area contributed by atoms with E-state index in [1.165, 1.54) is 0 Å². The highest BCUT2D eigenvalue weighted by Gasteiger charge is 2.21. The van der Waals surface area contributed by atoms with Crippen molar-refractivity contribution in [3.63, 3.8) is 0 Å². The van der Waals surface area contributed by atoms with Gasteiger partial charge in [-0.05, 0) is 13.3 Å². The van der Waals surface area contributed by atoms with Crippen molar-refractivity contribution in [3.05, 3.63) is 41.5 Å². The van der Waals surface area contributed by atoms with Gasteiger partial charge in [0, 0.05) is 18.7 Å². The van der Waals surface area contributed by atoms with Crippen LogP contribution >= 0.6 is 0 Å². The number of hydrogen-bond donors (Lipinski definition) is 3. The van der Waals surface area contributed by atoms with Gasteiger partial charge in [0.25, 0.3) is 0 Å². The summed E-state index contributed by atoms with van der Waals surface area (Å²) in [6, 6.07) is 8.55. The van der Waals surface area contributed by atoms with E-state index in [0.717, 1.165) is 0 Å². The number of rotatable bonds is 7. The smallest absolute Gasteiger partial charge is 0.345 e. The Morgan fingerprint density at radius 3 is 2.57 bits per heavy atom. The molecule has 0 radical (unpaired) electrons. The van der Waals surface area contributed by atoms with Crippen LogP contribution in [0, 0.1) is 0 Å². The number of ether oxygens (including phenoxy) is 1. The molecule has 114 valence electrons. The first-order valence-electron chi connectivity index (χ1n) is 6.68. The van der Waals surface area contributed by atoms with E-state index in [-0.39, 0.29) is 36.9 Å². The summed E-state index contributed by atoms with van der Waals surface area (Å²) in [5.74, 6) is -1.12. The van der Waals surface area contributed by atoms with E-state index in [1.807, 2.05) is 0 Å². The molecule has 1 aromatic rings. The molecule has 6 heteroatoms. The molecule has 21 heavy (non-hydrogen) atoms. The van der Waals surface area contributed by atoms with Crippen molar-refractivity contribution in [3.8, 4) is 0 Å². The molecule has 0 spiro atoms. The van der Waals surface area contributed by atoms with E-state index in [2.05, 4.69) is 4.99 Å². The minimum atomic E-state index is -0.732. The maximum Gasteiger partial charge on any atom is 0.345 e. The summed E-state index contributed by atoms with van der Waals surface area (Å²) in [6.45, 7) is 2.05. The van der Waals surface area contributed by atoms with Gasteiger partial charge in [0.15, 0.2) is 0 Å². The summed E-state index contributed by atoms with van der Waals surface area (Å²) in [5.41, 5.74) is 6.06. The number of aliphatic imine (C=N–C) groups is 1. The number of esters is 1. The number of nitrogens with two attached hydrogens (primary N) is 1. The maximum atomic E-state index is 12.0. The van der Waals surface area contributed by atoms with Crippen molar-refractivity contribution >= 4 is 17.6 Å². The quantitative estimate of drug-likeness (QED) is 0.175. The lowest BCUT2D eigenvalue weighted by molar-refractivity contribution is -0.137. The van der Waals surface area contributed by atoms with Gasteiger partial charge in [0.05, 0.1) is 6.61 Å². The topological polar surface area (TPSA) is 105 Å². The number of amidine groups is 1. The van der Waals surface area contributed by atoms with Gasteiger partial charge < -0.3 is 20.7 Å². The molecule has 0 saturated heterocycles. The van der Waals surface area contributed by atoms with Gasteiger partial charge >= 0.3 is 5.97 Å². The standard InChI is InChI=1S/C15H20N2O4/c1-2-21-15(20)12(14(16)17-9-6-10-18)13(19)11-7-4-3-5-8-11/h3-5,7-8,18-19H,2,6,9-10H2,1H3,(H2,16,17)/b13-12+. The van der Waals surface area contributed by atoms with Crippen molar-refractivity contribution in [2.45, 2.75) is 13.3 Å². The normalized spacial score (nSPS) is 12.8. The Balaban J connectivity index is 3.18. The third-order valence-corrected chi connectivity index (χ3v) is 2.62. The predicted molar refractivity (Wildman–Crippen MR) is 80.8 cm³/mol. The molecule has 0 amide bonds. The molecule has 0 atom stereocenters. The molecule has 0 aliphatic heterocycles. The van der Waals surface area contributed by atoms with Crippen molar-refractivity contribution in [2.24, 2.45) is 10.7 Å². The van der Waals surface area contributed by atoms with Gasteiger partial charge in [-0.3, -0.25) is 4.99 Å². The molecule has 0 heterocycles. The Labute approximate surface area is 123 Å². The molecule has 6 nitrogen and oxygen atoms in total. The largest absolute Gasteiger partial charge is 0.506 e. The molecule has 0 saturated carbocycles. The highest BCUT2D eigenvalue weighted by molar-refractivity contribution is 6.22. The highest BCUT2D eigenvalue weighted by atomic mass is 16.5. The van der Waals surface area contributed by atoms with Crippen molar-refractivity contribution in [1.82, 2.24) is 0 Å². The summed E-state index contributed by atoms with van der Waals surface area (Å²) < 4.78 is 4.91. The number of aliphatic hydroxyl groups is 2. The molecule has 1 aromatic carbocycles. The Morgan fingerprint density at radius 1 is 1.33 bits per heavy atom. The van der Waals surface area contributed by atoms with Crippen LogP contribution in [-0.4, -0.2) is 41.8 Å². The van der Waals surface area contributed by atoms with Crippen LogP contribution in [0.2, 0.25) is 0 Å². The van der Waals surface area contributed by atoms with Crippen molar-refractivity contribution < 1.29 is 19.7 Å². The number of benzene rings is 1. The predicted octanol–water partition coefficient (Wildman–Crippen LogP) is 1.26. The molecule has 0 aromatic heterocycles. The lowest BCUT2D eigenvalue weighted by Gasteiger charge is -2.10. The van der Waals surface area contributed by atoms with E-state index in [1.54, 1.807) is 37.3 Å². The second-order valence-electron chi connectivity index (χ2n) is 4.15. The van der Waals surface area contributed by atoms with E-state index in [0.29, 0.717) is 12.0 Å². The molecule has 1 rings (SSSR count). The molecule has 0 fully saturated rings. The van der Waals surface area contributed by atoms with Crippen LogP contribution in [0.25, 0.3) is 5.76 Å². The van der Waals surface area contributed by atoms with Gasteiger partial charge in [-0.25, -0.2) is 4.79 Å². The zero-order valence-corrected chi connectivity index (χ0v) is 12.0. The van der Waals surface area contributed by atoms with Gasteiger partial charge in [-0.15, -0.1) is 0 Å². The first kappa shape index (κ1) is 16.7. The van der Waals surface area contributed by atoms with Crippen LogP contribution in [-0.2, 0) is 9.53 Å². The molecule has 0 unspecified atom stereocenters. The fourth-order valence-corrected chi connectivity index (χ4v) is 1.62. The van der Waals surface area contributed by atoms with E-state index < -0.39 is 5.97 Å². The van der Waals surface area contributed by atoms with Gasteiger partial charge in [-0.1, -0.05) is 30.3 Å². The molecule has 0 bridgehead atoms.